The van der Waals surface area contributed by atoms with Crippen LogP contribution in [0.3, 0.4) is 0 Å². The summed E-state index contributed by atoms with van der Waals surface area (Å²) in [4.78, 5) is 26.1. The fraction of sp³-hybridized carbons (Fsp3) is 0.846. The Hall–Kier alpha value is -1.30. The first-order valence-electron chi connectivity index (χ1n) is 6.73. The van der Waals surface area contributed by atoms with E-state index in [1.54, 1.807) is 4.90 Å². The molecule has 0 aromatic carbocycles. The Balaban J connectivity index is 2.32. The minimum atomic E-state index is -0.949. The number of piperidine rings is 1. The molecule has 1 aliphatic rings. The van der Waals surface area contributed by atoms with Crippen LogP contribution < -0.4 is 0 Å². The van der Waals surface area contributed by atoms with E-state index < -0.39 is 5.97 Å². The third-order valence-electron chi connectivity index (χ3n) is 3.12. The van der Waals surface area contributed by atoms with Gasteiger partial charge in [0.15, 0.2) is 0 Å². The average molecular weight is 272 g/mol. The van der Waals surface area contributed by atoms with E-state index in [1.165, 1.54) is 0 Å². The summed E-state index contributed by atoms with van der Waals surface area (Å²) < 4.78 is 5.25. The van der Waals surface area contributed by atoms with Gasteiger partial charge in [0.25, 0.3) is 0 Å². The summed E-state index contributed by atoms with van der Waals surface area (Å²) in [5.41, 5.74) is 0. The van der Waals surface area contributed by atoms with Crippen molar-refractivity contribution in [3.63, 3.8) is 0 Å². The Morgan fingerprint density at radius 3 is 2.42 bits per heavy atom. The summed E-state index contributed by atoms with van der Waals surface area (Å²) in [6, 6.07) is 0.0467. The van der Waals surface area contributed by atoms with Crippen LogP contribution in [0.5, 0.6) is 0 Å². The van der Waals surface area contributed by atoms with Crippen molar-refractivity contribution in [2.75, 3.05) is 33.3 Å². The van der Waals surface area contributed by atoms with Gasteiger partial charge in [0, 0.05) is 26.7 Å². The van der Waals surface area contributed by atoms with Crippen molar-refractivity contribution < 1.29 is 19.4 Å². The van der Waals surface area contributed by atoms with Crippen molar-refractivity contribution in [3.8, 4) is 0 Å². The number of ether oxygens (including phenoxy) is 1. The molecule has 1 fully saturated rings. The zero-order valence-electron chi connectivity index (χ0n) is 12.0. The predicted molar refractivity (Wildman–Crippen MR) is 71.0 cm³/mol. The van der Waals surface area contributed by atoms with Gasteiger partial charge in [-0.2, -0.15) is 0 Å². The Labute approximate surface area is 114 Å². The molecule has 0 spiro atoms. The van der Waals surface area contributed by atoms with E-state index in [0.717, 1.165) is 6.54 Å². The van der Waals surface area contributed by atoms with Crippen LogP contribution in [0.25, 0.3) is 0 Å². The summed E-state index contributed by atoms with van der Waals surface area (Å²) in [6.07, 6.45) is 1.36. The normalized spacial score (nSPS) is 16.7. The summed E-state index contributed by atoms with van der Waals surface area (Å²) in [5, 5.41) is 8.54. The number of carboxylic acid groups (broad SMARTS) is 1. The van der Waals surface area contributed by atoms with Crippen LogP contribution in [-0.2, 0) is 9.53 Å². The minimum Gasteiger partial charge on any atom is -0.480 e. The van der Waals surface area contributed by atoms with Gasteiger partial charge in [0.1, 0.15) is 6.61 Å². The number of urea groups is 1. The molecule has 0 bridgehead atoms. The van der Waals surface area contributed by atoms with E-state index in [1.807, 2.05) is 11.9 Å². The molecule has 0 atom stereocenters. The molecule has 0 saturated carbocycles. The Kier molecular flexibility index (Phi) is 6.08. The lowest BCUT2D eigenvalue weighted by Crippen LogP contribution is -2.47. The van der Waals surface area contributed by atoms with Crippen molar-refractivity contribution in [1.29, 1.82) is 0 Å². The third-order valence-corrected chi connectivity index (χ3v) is 3.12. The molecule has 1 aliphatic heterocycles. The minimum absolute atomic E-state index is 0.0458. The number of carbonyl (C=O) groups is 2. The van der Waals surface area contributed by atoms with E-state index in [2.05, 4.69) is 13.8 Å². The molecule has 6 nitrogen and oxygen atoms in total. The van der Waals surface area contributed by atoms with Crippen LogP contribution in [0.1, 0.15) is 26.7 Å². The average Bonchev–Trinajstić information content (AvgIpc) is 2.35. The Bertz CT molecular complexity index is 312. The molecule has 0 aromatic heterocycles. The molecule has 0 aliphatic carbocycles. The quantitative estimate of drug-likeness (QED) is 0.818. The number of hydrogen-bond donors (Lipinski definition) is 1. The zero-order valence-corrected chi connectivity index (χ0v) is 12.0. The van der Waals surface area contributed by atoms with Gasteiger partial charge in [0.05, 0.1) is 6.10 Å². The van der Waals surface area contributed by atoms with Crippen LogP contribution in [0.15, 0.2) is 0 Å². The second-order valence-corrected chi connectivity index (χ2v) is 5.45. The molecular weight excluding hydrogens is 248 g/mol. The van der Waals surface area contributed by atoms with Crippen molar-refractivity contribution in [3.05, 3.63) is 0 Å². The SMILES string of the molecule is CC(C)CN(C)C(=O)N1CCC(OCC(=O)O)CC1. The monoisotopic (exact) mass is 272 g/mol. The molecule has 110 valence electrons. The van der Waals surface area contributed by atoms with Gasteiger partial charge in [0.2, 0.25) is 0 Å². The van der Waals surface area contributed by atoms with Crippen LogP contribution in [-0.4, -0.2) is 66.3 Å². The number of aliphatic carboxylic acids is 1. The number of likely N-dealkylation sites (tertiary alicyclic amines) is 1. The zero-order chi connectivity index (χ0) is 14.4. The lowest BCUT2D eigenvalue weighted by Gasteiger charge is -2.34. The number of nitrogens with zero attached hydrogens (tertiary/aromatic N) is 2. The standard InChI is InChI=1S/C13H24N2O4/c1-10(2)8-14(3)13(18)15-6-4-11(5-7-15)19-9-12(16)17/h10-11H,4-9H2,1-3H3,(H,16,17). The summed E-state index contributed by atoms with van der Waals surface area (Å²) >= 11 is 0. The molecule has 1 rings (SSSR count). The largest absolute Gasteiger partial charge is 0.480 e. The van der Waals surface area contributed by atoms with Gasteiger partial charge in [-0.15, -0.1) is 0 Å². The van der Waals surface area contributed by atoms with Crippen molar-refractivity contribution >= 4 is 12.0 Å². The maximum atomic E-state index is 12.1. The van der Waals surface area contributed by atoms with Crippen LogP contribution in [0, 0.1) is 5.92 Å². The highest BCUT2D eigenvalue weighted by molar-refractivity contribution is 5.74. The van der Waals surface area contributed by atoms with Gasteiger partial charge < -0.3 is 19.6 Å². The van der Waals surface area contributed by atoms with Gasteiger partial charge in [-0.25, -0.2) is 9.59 Å². The molecule has 1 heterocycles. The first-order valence-corrected chi connectivity index (χ1v) is 6.73. The second kappa shape index (κ2) is 7.33. The molecule has 19 heavy (non-hydrogen) atoms. The Morgan fingerprint density at radius 1 is 1.37 bits per heavy atom. The van der Waals surface area contributed by atoms with Crippen LogP contribution in [0.2, 0.25) is 0 Å². The first kappa shape index (κ1) is 15.8. The van der Waals surface area contributed by atoms with Gasteiger partial charge in [-0.1, -0.05) is 13.8 Å². The van der Waals surface area contributed by atoms with Crippen LogP contribution in [0.4, 0.5) is 4.79 Å². The second-order valence-electron chi connectivity index (χ2n) is 5.45. The molecule has 0 aromatic rings. The van der Waals surface area contributed by atoms with Gasteiger partial charge in [-0.3, -0.25) is 0 Å². The van der Waals surface area contributed by atoms with E-state index in [9.17, 15) is 9.59 Å². The highest BCUT2D eigenvalue weighted by Gasteiger charge is 2.25. The maximum absolute atomic E-state index is 12.1. The van der Waals surface area contributed by atoms with Gasteiger partial charge >= 0.3 is 12.0 Å². The molecule has 1 saturated heterocycles. The predicted octanol–water partition coefficient (Wildman–Crippen LogP) is 1.26. The number of carbonyl (C=O) groups excluding carboxylic acids is 1. The summed E-state index contributed by atoms with van der Waals surface area (Å²) in [7, 11) is 1.81. The number of rotatable bonds is 5. The third kappa shape index (κ3) is 5.46. The van der Waals surface area contributed by atoms with E-state index >= 15 is 0 Å². The lowest BCUT2D eigenvalue weighted by molar-refractivity contribution is -0.145. The topological polar surface area (TPSA) is 70.1 Å². The van der Waals surface area contributed by atoms with E-state index in [0.29, 0.717) is 31.8 Å². The summed E-state index contributed by atoms with van der Waals surface area (Å²) in [5.74, 6) is -0.499. The molecular formula is C13H24N2O4. The molecule has 2 amide bonds. The fourth-order valence-electron chi connectivity index (χ4n) is 2.27. The smallest absolute Gasteiger partial charge is 0.329 e. The molecule has 0 unspecified atom stereocenters. The molecule has 1 N–H and O–H groups in total. The molecule has 6 heteroatoms. The molecule has 0 radical (unpaired) electrons. The number of carboxylic acids is 1. The van der Waals surface area contributed by atoms with Crippen LogP contribution >= 0.6 is 0 Å². The maximum Gasteiger partial charge on any atom is 0.329 e. The lowest BCUT2D eigenvalue weighted by atomic mass is 10.1. The number of hydrogen-bond acceptors (Lipinski definition) is 3. The van der Waals surface area contributed by atoms with Crippen molar-refractivity contribution in [2.45, 2.75) is 32.8 Å². The highest BCUT2D eigenvalue weighted by Crippen LogP contribution is 2.15. The van der Waals surface area contributed by atoms with Gasteiger partial charge in [-0.05, 0) is 18.8 Å². The van der Waals surface area contributed by atoms with Crippen molar-refractivity contribution in [1.82, 2.24) is 9.80 Å². The Morgan fingerprint density at radius 2 is 1.95 bits per heavy atom. The summed E-state index contributed by atoms with van der Waals surface area (Å²) in [6.45, 7) is 5.91. The first-order chi connectivity index (χ1) is 8.90. The van der Waals surface area contributed by atoms with E-state index in [4.69, 9.17) is 9.84 Å². The number of amides is 2. The highest BCUT2D eigenvalue weighted by atomic mass is 16.5. The van der Waals surface area contributed by atoms with E-state index in [-0.39, 0.29) is 18.7 Å². The fourth-order valence-corrected chi connectivity index (χ4v) is 2.27. The van der Waals surface area contributed by atoms with Crippen molar-refractivity contribution in [2.24, 2.45) is 5.92 Å².